The van der Waals surface area contributed by atoms with Crippen LogP contribution in [0.4, 0.5) is 0 Å². The SMILES string of the molecule is Cn1c(=O)oc2cc(CNC(=O)C3(N)CC3)ccc21. The molecule has 6 nitrogen and oxygen atoms in total. The van der Waals surface area contributed by atoms with Crippen molar-refractivity contribution in [3.63, 3.8) is 0 Å². The molecule has 1 fully saturated rings. The summed E-state index contributed by atoms with van der Waals surface area (Å²) in [5.74, 6) is -0.516. The fourth-order valence-corrected chi connectivity index (χ4v) is 2.01. The zero-order chi connectivity index (χ0) is 13.6. The van der Waals surface area contributed by atoms with E-state index >= 15 is 0 Å². The lowest BCUT2D eigenvalue weighted by Gasteiger charge is -2.09. The first-order chi connectivity index (χ1) is 8.99. The number of aryl methyl sites for hydroxylation is 1. The third kappa shape index (κ3) is 2.04. The van der Waals surface area contributed by atoms with E-state index in [2.05, 4.69) is 5.32 Å². The Hall–Kier alpha value is -2.08. The van der Waals surface area contributed by atoms with Crippen LogP contribution in [-0.4, -0.2) is 16.0 Å². The number of aromatic nitrogens is 1. The van der Waals surface area contributed by atoms with Crippen LogP contribution in [0.1, 0.15) is 18.4 Å². The number of rotatable bonds is 3. The summed E-state index contributed by atoms with van der Waals surface area (Å²) in [6.45, 7) is 0.381. The molecule has 3 rings (SSSR count). The Morgan fingerprint density at radius 2 is 2.26 bits per heavy atom. The lowest BCUT2D eigenvalue weighted by molar-refractivity contribution is -0.123. The molecule has 1 aromatic carbocycles. The van der Waals surface area contributed by atoms with Gasteiger partial charge in [-0.1, -0.05) is 6.07 Å². The molecular weight excluding hydrogens is 246 g/mol. The molecule has 0 atom stereocenters. The molecule has 1 aromatic heterocycles. The van der Waals surface area contributed by atoms with Crippen LogP contribution in [0.2, 0.25) is 0 Å². The standard InChI is InChI=1S/C13H15N3O3/c1-16-9-3-2-8(6-10(9)19-12(16)18)7-15-11(17)13(14)4-5-13/h2-3,6H,4-5,7,14H2,1H3,(H,15,17). The van der Waals surface area contributed by atoms with E-state index in [9.17, 15) is 9.59 Å². The molecule has 6 heteroatoms. The minimum absolute atomic E-state index is 0.123. The van der Waals surface area contributed by atoms with Crippen molar-refractivity contribution in [1.29, 1.82) is 0 Å². The summed E-state index contributed by atoms with van der Waals surface area (Å²) in [6.07, 6.45) is 1.48. The Morgan fingerprint density at radius 3 is 2.95 bits per heavy atom. The average Bonchev–Trinajstić information content (AvgIpc) is 3.08. The lowest BCUT2D eigenvalue weighted by Crippen LogP contribution is -2.42. The van der Waals surface area contributed by atoms with Crippen LogP contribution in [0.15, 0.2) is 27.4 Å². The second-order valence-corrected chi connectivity index (χ2v) is 5.07. The zero-order valence-electron chi connectivity index (χ0n) is 10.6. The van der Waals surface area contributed by atoms with Crippen molar-refractivity contribution in [1.82, 2.24) is 9.88 Å². The van der Waals surface area contributed by atoms with Crippen LogP contribution in [0.5, 0.6) is 0 Å². The number of nitrogens with one attached hydrogen (secondary N) is 1. The third-order valence-electron chi connectivity index (χ3n) is 3.55. The molecule has 1 aliphatic rings. The van der Waals surface area contributed by atoms with Gasteiger partial charge in [-0.3, -0.25) is 9.36 Å². The Labute approximate surface area is 109 Å². The molecule has 1 amide bonds. The van der Waals surface area contributed by atoms with E-state index in [-0.39, 0.29) is 5.91 Å². The second kappa shape index (κ2) is 3.96. The number of hydrogen-bond donors (Lipinski definition) is 2. The molecule has 0 saturated heterocycles. The highest BCUT2D eigenvalue weighted by Crippen LogP contribution is 2.32. The third-order valence-corrected chi connectivity index (χ3v) is 3.55. The van der Waals surface area contributed by atoms with E-state index < -0.39 is 11.3 Å². The fraction of sp³-hybridized carbons (Fsp3) is 0.385. The number of benzene rings is 1. The highest BCUT2D eigenvalue weighted by Gasteiger charge is 2.45. The highest BCUT2D eigenvalue weighted by atomic mass is 16.4. The van der Waals surface area contributed by atoms with Crippen molar-refractivity contribution >= 4 is 17.0 Å². The van der Waals surface area contributed by atoms with Gasteiger partial charge in [0.15, 0.2) is 5.58 Å². The first kappa shape index (κ1) is 12.0. The first-order valence-corrected chi connectivity index (χ1v) is 6.15. The van der Waals surface area contributed by atoms with Crippen molar-refractivity contribution in [2.24, 2.45) is 12.8 Å². The van der Waals surface area contributed by atoms with Crippen LogP contribution in [0, 0.1) is 0 Å². The lowest BCUT2D eigenvalue weighted by atomic mass is 10.2. The largest absolute Gasteiger partial charge is 0.419 e. The summed E-state index contributed by atoms with van der Waals surface area (Å²) in [6, 6.07) is 5.41. The zero-order valence-corrected chi connectivity index (χ0v) is 10.6. The van der Waals surface area contributed by atoms with Crippen molar-refractivity contribution < 1.29 is 9.21 Å². The normalized spacial score (nSPS) is 16.5. The van der Waals surface area contributed by atoms with Gasteiger partial charge >= 0.3 is 5.76 Å². The number of carbonyl (C=O) groups excluding carboxylic acids is 1. The molecule has 0 aliphatic heterocycles. The maximum Gasteiger partial charge on any atom is 0.419 e. The predicted octanol–water partition coefficient (Wildman–Crippen LogP) is 0.239. The first-order valence-electron chi connectivity index (χ1n) is 6.15. The number of hydrogen-bond acceptors (Lipinski definition) is 4. The molecule has 3 N–H and O–H groups in total. The van der Waals surface area contributed by atoms with Crippen LogP contribution in [0.3, 0.4) is 0 Å². The van der Waals surface area contributed by atoms with Crippen molar-refractivity contribution in [2.75, 3.05) is 0 Å². The quantitative estimate of drug-likeness (QED) is 0.828. The monoisotopic (exact) mass is 261 g/mol. The highest BCUT2D eigenvalue weighted by molar-refractivity contribution is 5.89. The van der Waals surface area contributed by atoms with Gasteiger partial charge in [0, 0.05) is 13.6 Å². The molecule has 19 heavy (non-hydrogen) atoms. The second-order valence-electron chi connectivity index (χ2n) is 5.07. The van der Waals surface area contributed by atoms with Crippen LogP contribution >= 0.6 is 0 Å². The van der Waals surface area contributed by atoms with Gasteiger partial charge in [0.25, 0.3) is 0 Å². The van der Waals surface area contributed by atoms with Gasteiger partial charge in [0.2, 0.25) is 5.91 Å². The van der Waals surface area contributed by atoms with E-state index in [0.717, 1.165) is 23.9 Å². The topological polar surface area (TPSA) is 90.3 Å². The average molecular weight is 261 g/mol. The van der Waals surface area contributed by atoms with E-state index in [1.54, 1.807) is 19.2 Å². The minimum atomic E-state index is -0.663. The number of oxazole rings is 1. The molecule has 0 unspecified atom stereocenters. The number of carbonyl (C=O) groups is 1. The van der Waals surface area contributed by atoms with E-state index in [0.29, 0.717) is 12.1 Å². The molecule has 1 aliphatic carbocycles. The van der Waals surface area contributed by atoms with Crippen molar-refractivity contribution in [3.05, 3.63) is 34.3 Å². The Balaban J connectivity index is 1.78. The molecule has 0 radical (unpaired) electrons. The van der Waals surface area contributed by atoms with E-state index in [1.165, 1.54) is 4.57 Å². The molecule has 2 aromatic rings. The van der Waals surface area contributed by atoms with Crippen LogP contribution < -0.4 is 16.8 Å². The summed E-state index contributed by atoms with van der Waals surface area (Å²) < 4.78 is 6.54. The number of nitrogens with two attached hydrogens (primary N) is 1. The fourth-order valence-electron chi connectivity index (χ4n) is 2.01. The molecule has 100 valence electrons. The van der Waals surface area contributed by atoms with E-state index in [4.69, 9.17) is 10.2 Å². The van der Waals surface area contributed by atoms with Crippen molar-refractivity contribution in [2.45, 2.75) is 24.9 Å². The molecule has 0 bridgehead atoms. The van der Waals surface area contributed by atoms with Crippen LogP contribution in [-0.2, 0) is 18.4 Å². The van der Waals surface area contributed by atoms with Gasteiger partial charge < -0.3 is 15.5 Å². The maximum absolute atomic E-state index is 11.7. The number of fused-ring (bicyclic) bond motifs is 1. The Bertz CT molecular complexity index is 709. The molecule has 1 heterocycles. The Morgan fingerprint density at radius 1 is 1.53 bits per heavy atom. The predicted molar refractivity (Wildman–Crippen MR) is 69.5 cm³/mol. The summed E-state index contributed by atoms with van der Waals surface area (Å²) in [4.78, 5) is 23.1. The van der Waals surface area contributed by atoms with Crippen LogP contribution in [0.25, 0.3) is 11.1 Å². The summed E-state index contributed by atoms with van der Waals surface area (Å²) in [5, 5.41) is 2.80. The molecule has 0 spiro atoms. The van der Waals surface area contributed by atoms with Gasteiger partial charge in [-0.15, -0.1) is 0 Å². The van der Waals surface area contributed by atoms with Crippen molar-refractivity contribution in [3.8, 4) is 0 Å². The van der Waals surface area contributed by atoms with Gasteiger partial charge in [0.1, 0.15) is 0 Å². The Kier molecular flexibility index (Phi) is 2.50. The smallest absolute Gasteiger partial charge is 0.408 e. The van der Waals surface area contributed by atoms with Gasteiger partial charge in [-0.2, -0.15) is 0 Å². The summed E-state index contributed by atoms with van der Waals surface area (Å²) in [5.41, 5.74) is 7.26. The summed E-state index contributed by atoms with van der Waals surface area (Å²) in [7, 11) is 1.65. The minimum Gasteiger partial charge on any atom is -0.408 e. The van der Waals surface area contributed by atoms with Gasteiger partial charge in [-0.25, -0.2) is 4.79 Å². The van der Waals surface area contributed by atoms with Gasteiger partial charge in [-0.05, 0) is 30.5 Å². The molecular formula is C13H15N3O3. The molecule has 1 saturated carbocycles. The van der Waals surface area contributed by atoms with Gasteiger partial charge in [0.05, 0.1) is 11.1 Å². The number of amides is 1. The maximum atomic E-state index is 11.7. The number of nitrogens with zero attached hydrogens (tertiary/aromatic N) is 1. The van der Waals surface area contributed by atoms with E-state index in [1.807, 2.05) is 6.07 Å². The summed E-state index contributed by atoms with van der Waals surface area (Å²) >= 11 is 0.